The lowest BCUT2D eigenvalue weighted by atomic mass is 10.0. The van der Waals surface area contributed by atoms with E-state index in [0.29, 0.717) is 31.1 Å². The molecule has 0 amide bonds. The number of aliphatic hydroxyl groups excluding tert-OH is 1. The van der Waals surface area contributed by atoms with Gasteiger partial charge in [0.05, 0.1) is 12.1 Å². The highest BCUT2D eigenvalue weighted by Crippen LogP contribution is 2.22. The minimum Gasteiger partial charge on any atom is -0.392 e. The first-order chi connectivity index (χ1) is 9.61. The Hall–Kier alpha value is -1.72. The van der Waals surface area contributed by atoms with Gasteiger partial charge in [-0.05, 0) is 37.0 Å². The molecule has 0 radical (unpaired) electrons. The van der Waals surface area contributed by atoms with Crippen LogP contribution in [0.3, 0.4) is 0 Å². The Balaban J connectivity index is 1.72. The summed E-state index contributed by atoms with van der Waals surface area (Å²) in [5.74, 6) is 1.26. The van der Waals surface area contributed by atoms with Crippen molar-refractivity contribution in [1.29, 1.82) is 0 Å². The van der Waals surface area contributed by atoms with E-state index in [4.69, 9.17) is 4.52 Å². The van der Waals surface area contributed by atoms with Crippen LogP contribution in [-0.2, 0) is 6.42 Å². The molecule has 1 fully saturated rings. The van der Waals surface area contributed by atoms with Crippen molar-refractivity contribution in [2.45, 2.75) is 38.8 Å². The molecule has 0 saturated carbocycles. The van der Waals surface area contributed by atoms with Crippen molar-refractivity contribution < 1.29 is 9.63 Å². The van der Waals surface area contributed by atoms with Crippen molar-refractivity contribution >= 4 is 0 Å². The van der Waals surface area contributed by atoms with Crippen LogP contribution in [0.25, 0.3) is 0 Å². The van der Waals surface area contributed by atoms with Crippen LogP contribution >= 0.6 is 0 Å². The summed E-state index contributed by atoms with van der Waals surface area (Å²) in [4.78, 5) is 4.42. The number of aliphatic hydroxyl groups is 1. The number of nitrogens with zero attached hydrogens (tertiary/aromatic N) is 2. The van der Waals surface area contributed by atoms with Crippen LogP contribution in [0.15, 0.2) is 22.7 Å². The normalized spacial score (nSPS) is 22.4. The van der Waals surface area contributed by atoms with Crippen LogP contribution in [0.4, 0.5) is 0 Å². The molecule has 2 aromatic rings. The summed E-state index contributed by atoms with van der Waals surface area (Å²) in [5, 5.41) is 16.7. The molecule has 1 aromatic carbocycles. The van der Waals surface area contributed by atoms with Crippen LogP contribution in [0.2, 0.25) is 0 Å². The SMILES string of the molecule is Cc1ccc(Cc2noc([C@@H]3C[C@@H](O)CN3)n2)cc1C. The van der Waals surface area contributed by atoms with Gasteiger partial charge in [0.1, 0.15) is 0 Å². The summed E-state index contributed by atoms with van der Waals surface area (Å²) >= 11 is 0. The Kier molecular flexibility index (Phi) is 3.54. The maximum Gasteiger partial charge on any atom is 0.243 e. The number of hydrogen-bond donors (Lipinski definition) is 2. The summed E-state index contributed by atoms with van der Waals surface area (Å²) in [7, 11) is 0. The first-order valence-electron chi connectivity index (χ1n) is 6.92. The number of rotatable bonds is 3. The average molecular weight is 273 g/mol. The molecule has 5 heteroatoms. The van der Waals surface area contributed by atoms with E-state index in [-0.39, 0.29) is 12.1 Å². The first kappa shape index (κ1) is 13.3. The van der Waals surface area contributed by atoms with Crippen LogP contribution in [-0.4, -0.2) is 27.9 Å². The van der Waals surface area contributed by atoms with E-state index in [1.165, 1.54) is 16.7 Å². The molecule has 1 saturated heterocycles. The third-order valence-corrected chi connectivity index (χ3v) is 3.82. The molecule has 0 bridgehead atoms. The van der Waals surface area contributed by atoms with Gasteiger partial charge in [-0.25, -0.2) is 0 Å². The third kappa shape index (κ3) is 2.73. The van der Waals surface area contributed by atoms with Gasteiger partial charge in [0, 0.05) is 13.0 Å². The molecule has 106 valence electrons. The van der Waals surface area contributed by atoms with Crippen LogP contribution in [0, 0.1) is 13.8 Å². The lowest BCUT2D eigenvalue weighted by molar-refractivity contribution is 0.191. The van der Waals surface area contributed by atoms with Gasteiger partial charge < -0.3 is 14.9 Å². The van der Waals surface area contributed by atoms with Crippen molar-refractivity contribution in [3.63, 3.8) is 0 Å². The number of aromatic nitrogens is 2. The number of hydrogen-bond acceptors (Lipinski definition) is 5. The molecule has 1 aliphatic heterocycles. The summed E-state index contributed by atoms with van der Waals surface area (Å²) in [6.45, 7) is 4.78. The second kappa shape index (κ2) is 5.34. The van der Waals surface area contributed by atoms with Gasteiger partial charge in [0.15, 0.2) is 5.82 Å². The summed E-state index contributed by atoms with van der Waals surface area (Å²) in [6.07, 6.45) is 0.973. The second-order valence-corrected chi connectivity index (χ2v) is 5.49. The predicted molar refractivity (Wildman–Crippen MR) is 74.4 cm³/mol. The molecule has 0 spiro atoms. The van der Waals surface area contributed by atoms with E-state index in [9.17, 15) is 5.11 Å². The maximum atomic E-state index is 9.51. The van der Waals surface area contributed by atoms with Gasteiger partial charge in [0.25, 0.3) is 0 Å². The number of nitrogens with one attached hydrogen (secondary N) is 1. The minimum atomic E-state index is -0.324. The molecular weight excluding hydrogens is 254 g/mol. The van der Waals surface area contributed by atoms with Crippen LogP contribution < -0.4 is 5.32 Å². The molecule has 0 aliphatic carbocycles. The van der Waals surface area contributed by atoms with E-state index < -0.39 is 0 Å². The van der Waals surface area contributed by atoms with Crippen molar-refractivity contribution in [2.75, 3.05) is 6.54 Å². The molecule has 0 unspecified atom stereocenters. The lowest BCUT2D eigenvalue weighted by Gasteiger charge is -2.03. The Morgan fingerprint density at radius 1 is 1.35 bits per heavy atom. The van der Waals surface area contributed by atoms with E-state index in [1.54, 1.807) is 0 Å². The van der Waals surface area contributed by atoms with E-state index in [2.05, 4.69) is 47.5 Å². The number of benzene rings is 1. The third-order valence-electron chi connectivity index (χ3n) is 3.82. The zero-order valence-corrected chi connectivity index (χ0v) is 11.8. The van der Waals surface area contributed by atoms with E-state index >= 15 is 0 Å². The van der Waals surface area contributed by atoms with Gasteiger partial charge in [-0.2, -0.15) is 4.98 Å². The van der Waals surface area contributed by atoms with Gasteiger partial charge in [-0.3, -0.25) is 0 Å². The van der Waals surface area contributed by atoms with Crippen molar-refractivity contribution in [1.82, 2.24) is 15.5 Å². The summed E-state index contributed by atoms with van der Waals surface area (Å²) in [5.41, 5.74) is 3.73. The Labute approximate surface area is 118 Å². The molecule has 2 heterocycles. The zero-order valence-electron chi connectivity index (χ0n) is 11.8. The lowest BCUT2D eigenvalue weighted by Crippen LogP contribution is -2.15. The molecule has 2 atom stereocenters. The first-order valence-corrected chi connectivity index (χ1v) is 6.92. The standard InChI is InChI=1S/C15H19N3O2/c1-9-3-4-11(5-10(9)2)6-14-17-15(20-18-14)13-7-12(19)8-16-13/h3-5,12-13,16,19H,6-8H2,1-2H3/t12-,13+/m1/s1. The van der Waals surface area contributed by atoms with Gasteiger partial charge in [0.2, 0.25) is 5.89 Å². The van der Waals surface area contributed by atoms with E-state index in [0.717, 1.165) is 0 Å². The highest BCUT2D eigenvalue weighted by atomic mass is 16.5. The molecule has 3 rings (SSSR count). The van der Waals surface area contributed by atoms with Gasteiger partial charge >= 0.3 is 0 Å². The number of β-amino-alcohol motifs (C(OH)–C–C–N with tert-alkyl or cyclic N) is 1. The quantitative estimate of drug-likeness (QED) is 0.890. The molecule has 2 N–H and O–H groups in total. The largest absolute Gasteiger partial charge is 0.392 e. The fraction of sp³-hybridized carbons (Fsp3) is 0.467. The predicted octanol–water partition coefficient (Wildman–Crippen LogP) is 1.67. The summed E-state index contributed by atoms with van der Waals surface area (Å²) < 4.78 is 5.29. The summed E-state index contributed by atoms with van der Waals surface area (Å²) in [6, 6.07) is 6.34. The zero-order chi connectivity index (χ0) is 14.1. The second-order valence-electron chi connectivity index (χ2n) is 5.49. The van der Waals surface area contributed by atoms with Crippen LogP contribution in [0.5, 0.6) is 0 Å². The molecular formula is C15H19N3O2. The Morgan fingerprint density at radius 3 is 2.90 bits per heavy atom. The Morgan fingerprint density at radius 2 is 2.20 bits per heavy atom. The highest BCUT2D eigenvalue weighted by Gasteiger charge is 2.28. The minimum absolute atomic E-state index is 0.0222. The molecule has 5 nitrogen and oxygen atoms in total. The molecule has 1 aromatic heterocycles. The van der Waals surface area contributed by atoms with Crippen molar-refractivity contribution in [2.24, 2.45) is 0 Å². The fourth-order valence-corrected chi connectivity index (χ4v) is 2.48. The number of aryl methyl sites for hydroxylation is 2. The smallest absolute Gasteiger partial charge is 0.243 e. The van der Waals surface area contributed by atoms with Crippen LogP contribution in [0.1, 0.15) is 40.9 Å². The van der Waals surface area contributed by atoms with Gasteiger partial charge in [-0.1, -0.05) is 23.4 Å². The fourth-order valence-electron chi connectivity index (χ4n) is 2.48. The molecule has 1 aliphatic rings. The topological polar surface area (TPSA) is 71.2 Å². The highest BCUT2D eigenvalue weighted by molar-refractivity contribution is 5.31. The Bertz CT molecular complexity index is 609. The maximum absolute atomic E-state index is 9.51. The average Bonchev–Trinajstić information content (AvgIpc) is 3.03. The van der Waals surface area contributed by atoms with Crippen molar-refractivity contribution in [3.05, 3.63) is 46.6 Å². The van der Waals surface area contributed by atoms with E-state index in [1.807, 2.05) is 0 Å². The monoisotopic (exact) mass is 273 g/mol. The van der Waals surface area contributed by atoms with Gasteiger partial charge in [-0.15, -0.1) is 0 Å². The van der Waals surface area contributed by atoms with Crippen molar-refractivity contribution in [3.8, 4) is 0 Å². The molecule has 20 heavy (non-hydrogen) atoms.